The summed E-state index contributed by atoms with van der Waals surface area (Å²) in [5.74, 6) is 0.129. The smallest absolute Gasteiger partial charge is 0.435 e. The van der Waals surface area contributed by atoms with Gasteiger partial charge in [-0.25, -0.2) is 0 Å². The van der Waals surface area contributed by atoms with Crippen molar-refractivity contribution in [3.05, 3.63) is 17.8 Å². The molecule has 0 fully saturated rings. The number of hydrogen-bond acceptors (Lipinski definition) is 3. The number of hydrogen-bond donors (Lipinski definition) is 0. The largest absolute Gasteiger partial charge is 0.477 e. The normalized spacial score (nSPS) is 11.5. The number of rotatable bonds is 5. The van der Waals surface area contributed by atoms with E-state index < -0.39 is 11.9 Å². The summed E-state index contributed by atoms with van der Waals surface area (Å²) in [7, 11) is 0. The molecule has 0 bridgehead atoms. The van der Waals surface area contributed by atoms with E-state index in [1.165, 1.54) is 6.07 Å². The van der Waals surface area contributed by atoms with Crippen LogP contribution in [0.1, 0.15) is 31.9 Å². The zero-order chi connectivity index (χ0) is 12.0. The Morgan fingerprint density at radius 3 is 2.44 bits per heavy atom. The fourth-order valence-electron chi connectivity index (χ4n) is 1.08. The van der Waals surface area contributed by atoms with E-state index in [-0.39, 0.29) is 5.88 Å². The molecule has 0 saturated heterocycles. The van der Waals surface area contributed by atoms with Crippen molar-refractivity contribution in [3.63, 3.8) is 0 Å². The van der Waals surface area contributed by atoms with Gasteiger partial charge in [-0.05, 0) is 12.5 Å². The van der Waals surface area contributed by atoms with Crippen molar-refractivity contribution in [1.82, 2.24) is 10.2 Å². The standard InChI is InChI=1S/C10H13F3N2O/c1-2-3-4-7-16-9-6-5-8(14-15-9)10(11,12)13/h5-6H,2-4,7H2,1H3. The minimum Gasteiger partial charge on any atom is -0.477 e. The van der Waals surface area contributed by atoms with E-state index in [0.29, 0.717) is 6.61 Å². The van der Waals surface area contributed by atoms with Crippen molar-refractivity contribution in [2.75, 3.05) is 6.61 Å². The molecule has 1 aromatic rings. The predicted octanol–water partition coefficient (Wildman–Crippen LogP) is 3.06. The Morgan fingerprint density at radius 1 is 1.19 bits per heavy atom. The van der Waals surface area contributed by atoms with Crippen LogP contribution in [0.3, 0.4) is 0 Å². The van der Waals surface area contributed by atoms with Gasteiger partial charge in [-0.2, -0.15) is 13.2 Å². The fourth-order valence-corrected chi connectivity index (χ4v) is 1.08. The molecule has 0 aliphatic rings. The van der Waals surface area contributed by atoms with Crippen LogP contribution in [0.5, 0.6) is 5.88 Å². The van der Waals surface area contributed by atoms with Crippen LogP contribution in [0.2, 0.25) is 0 Å². The summed E-state index contributed by atoms with van der Waals surface area (Å²) in [6, 6.07) is 2.05. The monoisotopic (exact) mass is 234 g/mol. The van der Waals surface area contributed by atoms with Gasteiger partial charge in [0.1, 0.15) is 0 Å². The highest BCUT2D eigenvalue weighted by Gasteiger charge is 2.32. The average Bonchev–Trinajstić information content (AvgIpc) is 2.24. The predicted molar refractivity (Wildman–Crippen MR) is 52.1 cm³/mol. The van der Waals surface area contributed by atoms with Gasteiger partial charge in [-0.3, -0.25) is 0 Å². The Balaban J connectivity index is 2.46. The molecule has 16 heavy (non-hydrogen) atoms. The number of nitrogens with zero attached hydrogens (tertiary/aromatic N) is 2. The van der Waals surface area contributed by atoms with Crippen LogP contribution in [-0.4, -0.2) is 16.8 Å². The Morgan fingerprint density at radius 2 is 1.94 bits per heavy atom. The second kappa shape index (κ2) is 5.67. The molecule has 0 radical (unpaired) electrons. The first-order valence-corrected chi connectivity index (χ1v) is 5.07. The summed E-state index contributed by atoms with van der Waals surface area (Å²) in [4.78, 5) is 0. The van der Waals surface area contributed by atoms with Gasteiger partial charge < -0.3 is 4.74 Å². The number of ether oxygens (including phenoxy) is 1. The van der Waals surface area contributed by atoms with Gasteiger partial charge in [0, 0.05) is 6.07 Å². The van der Waals surface area contributed by atoms with E-state index in [0.717, 1.165) is 25.3 Å². The van der Waals surface area contributed by atoms with Crippen molar-refractivity contribution in [2.24, 2.45) is 0 Å². The van der Waals surface area contributed by atoms with Crippen molar-refractivity contribution in [2.45, 2.75) is 32.4 Å². The van der Waals surface area contributed by atoms with Crippen LogP contribution in [0.4, 0.5) is 13.2 Å². The number of unbranched alkanes of at least 4 members (excludes halogenated alkanes) is 2. The molecule has 0 N–H and O–H groups in total. The molecule has 90 valence electrons. The van der Waals surface area contributed by atoms with Crippen LogP contribution in [0.25, 0.3) is 0 Å². The van der Waals surface area contributed by atoms with E-state index >= 15 is 0 Å². The molecule has 0 spiro atoms. The molecule has 0 saturated carbocycles. The number of alkyl halides is 3. The summed E-state index contributed by atoms with van der Waals surface area (Å²) in [6.45, 7) is 2.51. The third kappa shape index (κ3) is 4.04. The van der Waals surface area contributed by atoms with E-state index in [1.54, 1.807) is 0 Å². The minimum absolute atomic E-state index is 0.129. The van der Waals surface area contributed by atoms with Gasteiger partial charge in [0.25, 0.3) is 0 Å². The molecule has 0 atom stereocenters. The van der Waals surface area contributed by atoms with Crippen LogP contribution in [0, 0.1) is 0 Å². The van der Waals surface area contributed by atoms with E-state index in [9.17, 15) is 13.2 Å². The molecule has 0 amide bonds. The summed E-state index contributed by atoms with van der Waals surface area (Å²) < 4.78 is 41.5. The maximum atomic E-state index is 12.1. The molecule has 1 heterocycles. The average molecular weight is 234 g/mol. The van der Waals surface area contributed by atoms with Crippen molar-refractivity contribution >= 4 is 0 Å². The van der Waals surface area contributed by atoms with Crippen LogP contribution in [-0.2, 0) is 6.18 Å². The van der Waals surface area contributed by atoms with Crippen molar-refractivity contribution < 1.29 is 17.9 Å². The van der Waals surface area contributed by atoms with Crippen molar-refractivity contribution in [3.8, 4) is 5.88 Å². The van der Waals surface area contributed by atoms with Crippen LogP contribution in [0.15, 0.2) is 12.1 Å². The van der Waals surface area contributed by atoms with Crippen LogP contribution < -0.4 is 4.74 Å². The lowest BCUT2D eigenvalue weighted by molar-refractivity contribution is -0.141. The maximum Gasteiger partial charge on any atom is 0.435 e. The summed E-state index contributed by atoms with van der Waals surface area (Å²) in [6.07, 6.45) is -1.51. The Bertz CT molecular complexity index is 311. The zero-order valence-electron chi connectivity index (χ0n) is 8.92. The lowest BCUT2D eigenvalue weighted by atomic mass is 10.3. The number of halogens is 3. The van der Waals surface area contributed by atoms with Crippen LogP contribution >= 0.6 is 0 Å². The Labute approximate surface area is 91.6 Å². The van der Waals surface area contributed by atoms with Gasteiger partial charge >= 0.3 is 6.18 Å². The second-order valence-electron chi connectivity index (χ2n) is 3.31. The molecule has 1 rings (SSSR count). The second-order valence-corrected chi connectivity index (χ2v) is 3.31. The first-order chi connectivity index (χ1) is 7.54. The zero-order valence-corrected chi connectivity index (χ0v) is 8.92. The van der Waals surface area contributed by atoms with Gasteiger partial charge in [0.05, 0.1) is 6.61 Å². The fraction of sp³-hybridized carbons (Fsp3) is 0.600. The summed E-state index contributed by atoms with van der Waals surface area (Å²) in [5.41, 5.74) is -1.01. The summed E-state index contributed by atoms with van der Waals surface area (Å²) in [5, 5.41) is 6.40. The minimum atomic E-state index is -4.45. The van der Waals surface area contributed by atoms with Gasteiger partial charge in [0.15, 0.2) is 5.69 Å². The van der Waals surface area contributed by atoms with E-state index in [4.69, 9.17) is 4.74 Å². The topological polar surface area (TPSA) is 35.0 Å². The Kier molecular flexibility index (Phi) is 4.52. The van der Waals surface area contributed by atoms with Gasteiger partial charge in [0.2, 0.25) is 5.88 Å². The summed E-state index contributed by atoms with van der Waals surface area (Å²) >= 11 is 0. The molecule has 1 aromatic heterocycles. The molecule has 6 heteroatoms. The Hall–Kier alpha value is -1.33. The molecular formula is C10H13F3N2O. The van der Waals surface area contributed by atoms with Crippen molar-refractivity contribution in [1.29, 1.82) is 0 Å². The SMILES string of the molecule is CCCCCOc1ccc(C(F)(F)F)nn1. The first-order valence-electron chi connectivity index (χ1n) is 5.07. The van der Waals surface area contributed by atoms with E-state index in [2.05, 4.69) is 17.1 Å². The molecule has 0 unspecified atom stereocenters. The molecule has 0 aliphatic carbocycles. The molecule has 0 aliphatic heterocycles. The third-order valence-corrected chi connectivity index (χ3v) is 1.93. The number of aromatic nitrogens is 2. The highest BCUT2D eigenvalue weighted by molar-refractivity contribution is 5.13. The first kappa shape index (κ1) is 12.7. The maximum absolute atomic E-state index is 12.1. The lowest BCUT2D eigenvalue weighted by Gasteiger charge is -2.06. The third-order valence-electron chi connectivity index (χ3n) is 1.93. The molecule has 3 nitrogen and oxygen atoms in total. The highest BCUT2D eigenvalue weighted by Crippen LogP contribution is 2.27. The van der Waals surface area contributed by atoms with E-state index in [1.807, 2.05) is 0 Å². The van der Waals surface area contributed by atoms with Gasteiger partial charge in [-0.15, -0.1) is 10.2 Å². The molecular weight excluding hydrogens is 221 g/mol. The lowest BCUT2D eigenvalue weighted by Crippen LogP contribution is -2.09. The molecule has 0 aromatic carbocycles. The van der Waals surface area contributed by atoms with Gasteiger partial charge in [-0.1, -0.05) is 19.8 Å². The highest BCUT2D eigenvalue weighted by atomic mass is 19.4. The quantitative estimate of drug-likeness (QED) is 0.734.